The van der Waals surface area contributed by atoms with Gasteiger partial charge in [-0.05, 0) is 19.3 Å². The zero-order valence-corrected chi connectivity index (χ0v) is 8.44. The molecule has 1 saturated heterocycles. The highest BCUT2D eigenvalue weighted by atomic mass is 32.2. The van der Waals surface area contributed by atoms with Crippen LogP contribution in [-0.2, 0) is 0 Å². The lowest BCUT2D eigenvalue weighted by molar-refractivity contribution is 0.484. The van der Waals surface area contributed by atoms with Crippen molar-refractivity contribution >= 4 is 11.8 Å². The lowest BCUT2D eigenvalue weighted by Crippen LogP contribution is -2.36. The van der Waals surface area contributed by atoms with Gasteiger partial charge in [0.1, 0.15) is 0 Å². The quantitative estimate of drug-likeness (QED) is 0.659. The highest BCUT2D eigenvalue weighted by molar-refractivity contribution is 8.00. The molecule has 1 nitrogen and oxygen atoms in total. The van der Waals surface area contributed by atoms with Gasteiger partial charge in [0.2, 0.25) is 0 Å². The van der Waals surface area contributed by atoms with Gasteiger partial charge < -0.3 is 5.32 Å². The first-order valence-electron chi connectivity index (χ1n) is 4.89. The zero-order chi connectivity index (χ0) is 8.39. The van der Waals surface area contributed by atoms with Gasteiger partial charge in [-0.25, -0.2) is 0 Å². The molecule has 2 rings (SSSR count). The normalized spacial score (nSPS) is 40.9. The summed E-state index contributed by atoms with van der Waals surface area (Å²) >= 11 is 2.10. The Balaban J connectivity index is 1.76. The molecule has 12 heavy (non-hydrogen) atoms. The van der Waals surface area contributed by atoms with Crippen LogP contribution < -0.4 is 5.32 Å². The standard InChI is InChI=1S/C10H17NS/c1-8-6-10(7-12-8)11-9-4-2-3-5-9/h2,4,8-11H,3,5-7H2,1H3. The first-order chi connectivity index (χ1) is 5.84. The van der Waals surface area contributed by atoms with E-state index in [1.807, 2.05) is 0 Å². The van der Waals surface area contributed by atoms with Gasteiger partial charge in [-0.3, -0.25) is 0 Å². The maximum Gasteiger partial charge on any atom is 0.0255 e. The smallest absolute Gasteiger partial charge is 0.0255 e. The Kier molecular flexibility index (Phi) is 2.76. The second-order valence-electron chi connectivity index (χ2n) is 3.86. The molecule has 0 amide bonds. The van der Waals surface area contributed by atoms with Crippen LogP contribution in [0.25, 0.3) is 0 Å². The van der Waals surface area contributed by atoms with Crippen molar-refractivity contribution in [2.45, 2.75) is 43.5 Å². The van der Waals surface area contributed by atoms with Crippen molar-refractivity contribution in [2.24, 2.45) is 0 Å². The molecule has 0 spiro atoms. The van der Waals surface area contributed by atoms with Crippen LogP contribution in [0.3, 0.4) is 0 Å². The average Bonchev–Trinajstić information content (AvgIpc) is 2.63. The van der Waals surface area contributed by atoms with Crippen LogP contribution in [-0.4, -0.2) is 23.1 Å². The fourth-order valence-electron chi connectivity index (χ4n) is 2.01. The van der Waals surface area contributed by atoms with Gasteiger partial charge in [-0.2, -0.15) is 11.8 Å². The van der Waals surface area contributed by atoms with Crippen LogP contribution in [0.5, 0.6) is 0 Å². The topological polar surface area (TPSA) is 12.0 Å². The summed E-state index contributed by atoms with van der Waals surface area (Å²) in [6.07, 6.45) is 8.56. The Morgan fingerprint density at radius 2 is 2.42 bits per heavy atom. The molecule has 1 aliphatic carbocycles. The van der Waals surface area contributed by atoms with Crippen molar-refractivity contribution in [1.29, 1.82) is 0 Å². The predicted molar refractivity (Wildman–Crippen MR) is 55.6 cm³/mol. The molecule has 3 atom stereocenters. The van der Waals surface area contributed by atoms with Crippen LogP contribution in [0.1, 0.15) is 26.2 Å². The van der Waals surface area contributed by atoms with E-state index in [9.17, 15) is 0 Å². The van der Waals surface area contributed by atoms with Crippen LogP contribution in [0.15, 0.2) is 12.2 Å². The molecule has 0 bridgehead atoms. The molecule has 2 heteroatoms. The molecular formula is C10H17NS. The van der Waals surface area contributed by atoms with Crippen LogP contribution in [0.2, 0.25) is 0 Å². The van der Waals surface area contributed by atoms with Crippen LogP contribution in [0.4, 0.5) is 0 Å². The molecule has 0 aromatic rings. The van der Waals surface area contributed by atoms with E-state index in [0.717, 1.165) is 11.3 Å². The van der Waals surface area contributed by atoms with Crippen LogP contribution >= 0.6 is 11.8 Å². The molecule has 0 saturated carbocycles. The Morgan fingerprint density at radius 3 is 3.00 bits per heavy atom. The van der Waals surface area contributed by atoms with Crippen molar-refractivity contribution in [2.75, 3.05) is 5.75 Å². The van der Waals surface area contributed by atoms with Gasteiger partial charge in [0.05, 0.1) is 0 Å². The van der Waals surface area contributed by atoms with Gasteiger partial charge in [-0.15, -0.1) is 0 Å². The minimum Gasteiger partial charge on any atom is -0.307 e. The van der Waals surface area contributed by atoms with E-state index in [1.165, 1.54) is 25.0 Å². The predicted octanol–water partition coefficient (Wildman–Crippen LogP) is 2.19. The summed E-state index contributed by atoms with van der Waals surface area (Å²) in [7, 11) is 0. The summed E-state index contributed by atoms with van der Waals surface area (Å²) in [4.78, 5) is 0. The first kappa shape index (κ1) is 8.64. The number of thioether (sulfide) groups is 1. The zero-order valence-electron chi connectivity index (χ0n) is 7.62. The molecule has 3 unspecified atom stereocenters. The molecule has 0 aromatic heterocycles. The highest BCUT2D eigenvalue weighted by Gasteiger charge is 2.23. The van der Waals surface area contributed by atoms with Gasteiger partial charge in [-0.1, -0.05) is 19.1 Å². The second-order valence-corrected chi connectivity index (χ2v) is 5.33. The SMILES string of the molecule is CC1CC(NC2C=CCC2)CS1. The lowest BCUT2D eigenvalue weighted by atomic mass is 10.1. The molecule has 0 aromatic carbocycles. The molecular weight excluding hydrogens is 166 g/mol. The van der Waals surface area contributed by atoms with Crippen molar-refractivity contribution in [3.8, 4) is 0 Å². The maximum absolute atomic E-state index is 3.70. The molecule has 1 heterocycles. The fourth-order valence-corrected chi connectivity index (χ4v) is 3.17. The first-order valence-corrected chi connectivity index (χ1v) is 5.94. The third-order valence-electron chi connectivity index (χ3n) is 2.66. The third-order valence-corrected chi connectivity index (χ3v) is 4.02. The number of hydrogen-bond donors (Lipinski definition) is 1. The summed E-state index contributed by atoms with van der Waals surface area (Å²) in [6.45, 7) is 2.33. The lowest BCUT2D eigenvalue weighted by Gasteiger charge is -2.16. The van der Waals surface area contributed by atoms with Gasteiger partial charge in [0, 0.05) is 23.1 Å². The number of hydrogen-bond acceptors (Lipinski definition) is 2. The van der Waals surface area contributed by atoms with Gasteiger partial charge in [0.25, 0.3) is 0 Å². The Morgan fingerprint density at radius 1 is 1.50 bits per heavy atom. The van der Waals surface area contributed by atoms with Crippen molar-refractivity contribution < 1.29 is 0 Å². The molecule has 2 aliphatic rings. The van der Waals surface area contributed by atoms with E-state index in [0.29, 0.717) is 6.04 Å². The average molecular weight is 183 g/mol. The number of nitrogens with one attached hydrogen (secondary N) is 1. The van der Waals surface area contributed by atoms with E-state index in [1.54, 1.807) is 0 Å². The minimum absolute atomic E-state index is 0.681. The Bertz CT molecular complexity index is 179. The van der Waals surface area contributed by atoms with E-state index in [2.05, 4.69) is 36.2 Å². The van der Waals surface area contributed by atoms with Crippen LogP contribution in [0, 0.1) is 0 Å². The van der Waals surface area contributed by atoms with E-state index >= 15 is 0 Å². The Labute approximate surface area is 79.0 Å². The molecule has 0 radical (unpaired) electrons. The summed E-state index contributed by atoms with van der Waals surface area (Å²) in [5, 5.41) is 4.57. The minimum atomic E-state index is 0.681. The van der Waals surface area contributed by atoms with E-state index in [4.69, 9.17) is 0 Å². The van der Waals surface area contributed by atoms with Crippen molar-refractivity contribution in [1.82, 2.24) is 5.32 Å². The fraction of sp³-hybridized carbons (Fsp3) is 0.800. The van der Waals surface area contributed by atoms with Gasteiger partial charge >= 0.3 is 0 Å². The number of rotatable bonds is 2. The largest absolute Gasteiger partial charge is 0.307 e. The second kappa shape index (κ2) is 3.84. The summed E-state index contributed by atoms with van der Waals surface area (Å²) in [5.74, 6) is 1.31. The third kappa shape index (κ3) is 2.05. The summed E-state index contributed by atoms with van der Waals surface area (Å²) in [5.41, 5.74) is 0. The monoisotopic (exact) mass is 183 g/mol. The maximum atomic E-state index is 3.70. The molecule has 68 valence electrons. The molecule has 1 aliphatic heterocycles. The van der Waals surface area contributed by atoms with E-state index in [-0.39, 0.29) is 0 Å². The number of allylic oxidation sites excluding steroid dienone is 1. The van der Waals surface area contributed by atoms with Gasteiger partial charge in [0.15, 0.2) is 0 Å². The molecule has 1 fully saturated rings. The van der Waals surface area contributed by atoms with Crippen molar-refractivity contribution in [3.63, 3.8) is 0 Å². The summed E-state index contributed by atoms with van der Waals surface area (Å²) < 4.78 is 0. The Hall–Kier alpha value is 0.0500. The van der Waals surface area contributed by atoms with E-state index < -0.39 is 0 Å². The highest BCUT2D eigenvalue weighted by Crippen LogP contribution is 2.26. The summed E-state index contributed by atoms with van der Waals surface area (Å²) in [6, 6.07) is 1.46. The van der Waals surface area contributed by atoms with Crippen molar-refractivity contribution in [3.05, 3.63) is 12.2 Å². The molecule has 1 N–H and O–H groups in total.